The zero-order valence-electron chi connectivity index (χ0n) is 11.1. The summed E-state index contributed by atoms with van der Waals surface area (Å²) in [6.07, 6.45) is -1.83. The molecule has 1 aromatic carbocycles. The molecule has 10 heteroatoms. The molecule has 0 fully saturated rings. The molecule has 2 rings (SSSR count). The topological polar surface area (TPSA) is 187 Å². The van der Waals surface area contributed by atoms with E-state index in [1.54, 1.807) is 24.3 Å². The molecule has 1 aliphatic rings. The van der Waals surface area contributed by atoms with Gasteiger partial charge in [-0.3, -0.25) is 21.3 Å². The summed E-state index contributed by atoms with van der Waals surface area (Å²) in [5.41, 5.74) is 1.08. The van der Waals surface area contributed by atoms with Gasteiger partial charge in [0.25, 0.3) is 11.7 Å². The maximum absolute atomic E-state index is 11.0. The fourth-order valence-electron chi connectivity index (χ4n) is 1.09. The number of rotatable bonds is 0. The molecule has 0 bridgehead atoms. The number of carbonyl (C=O) groups excluding carboxylic acids is 2. The van der Waals surface area contributed by atoms with E-state index in [0.29, 0.717) is 11.3 Å². The molecule has 0 aliphatic carbocycles. The molecular formula is C9H14KN3O6. The van der Waals surface area contributed by atoms with Crippen LogP contribution in [-0.2, 0) is 4.79 Å². The van der Waals surface area contributed by atoms with Gasteiger partial charge in [0.05, 0.1) is 11.3 Å². The normalized spacial score (nSPS) is 10.0. The van der Waals surface area contributed by atoms with Gasteiger partial charge in [-0.1, -0.05) is 12.1 Å². The molecule has 0 radical (unpaired) electrons. The van der Waals surface area contributed by atoms with Gasteiger partial charge in [-0.2, -0.15) is 0 Å². The van der Waals surface area contributed by atoms with Crippen molar-refractivity contribution in [1.82, 2.24) is 0 Å². The monoisotopic (exact) mass is 299 g/mol. The summed E-state index contributed by atoms with van der Waals surface area (Å²) in [6, 6.07) is 6.85. The molecule has 0 saturated carbocycles. The van der Waals surface area contributed by atoms with Crippen LogP contribution in [0.5, 0.6) is 0 Å². The van der Waals surface area contributed by atoms with E-state index in [1.807, 2.05) is 0 Å². The summed E-state index contributed by atoms with van der Waals surface area (Å²) < 4.78 is 0. The van der Waals surface area contributed by atoms with E-state index in [-0.39, 0.29) is 58.3 Å². The number of carboxylic acid groups (broad SMARTS) is 2. The van der Waals surface area contributed by atoms with Crippen molar-refractivity contribution in [2.75, 3.05) is 5.32 Å². The van der Waals surface area contributed by atoms with Crippen LogP contribution in [-0.4, -0.2) is 33.5 Å². The van der Waals surface area contributed by atoms with E-state index in [2.05, 4.69) is 17.0 Å². The summed E-state index contributed by atoms with van der Waals surface area (Å²) >= 11 is 0. The molecule has 0 atom stereocenters. The molecule has 102 valence electrons. The largest absolute Gasteiger partial charge is 1.00 e. The first kappa shape index (κ1) is 23.3. The van der Waals surface area contributed by atoms with Crippen molar-refractivity contribution < 1.29 is 82.9 Å². The molecule has 1 aromatic rings. The molecule has 1 heterocycles. The Bertz CT molecular complexity index is 441. The second-order valence-corrected chi connectivity index (χ2v) is 2.61. The minimum absolute atomic E-state index is 0. The number of ketones is 1. The van der Waals surface area contributed by atoms with Gasteiger partial charge in [0.2, 0.25) is 0 Å². The third kappa shape index (κ3) is 8.02. The predicted octanol–water partition coefficient (Wildman–Crippen LogP) is -3.85. The number of para-hydroxylation sites is 1. The molecule has 0 spiro atoms. The number of benzene rings is 1. The Balaban J connectivity index is -0.000000126. The summed E-state index contributed by atoms with van der Waals surface area (Å²) in [4.78, 5) is 30.3. The van der Waals surface area contributed by atoms with Crippen molar-refractivity contribution in [2.45, 2.75) is 0 Å². The quantitative estimate of drug-likeness (QED) is 0.140. The van der Waals surface area contributed by atoms with Gasteiger partial charge >= 0.3 is 57.5 Å². The van der Waals surface area contributed by atoms with Crippen molar-refractivity contribution >= 4 is 23.5 Å². The van der Waals surface area contributed by atoms with Crippen LogP contribution in [0.1, 0.15) is 11.8 Å². The number of anilines is 1. The van der Waals surface area contributed by atoms with Crippen LogP contribution in [0.3, 0.4) is 0 Å². The number of nitrogens with two attached hydrogens (primary N) is 2. The van der Waals surface area contributed by atoms with Crippen LogP contribution in [0.2, 0.25) is 0 Å². The maximum atomic E-state index is 11.0. The zero-order valence-corrected chi connectivity index (χ0v) is 13.2. The van der Waals surface area contributed by atoms with E-state index >= 15 is 0 Å². The molecule has 1 aliphatic heterocycles. The van der Waals surface area contributed by atoms with E-state index in [4.69, 9.17) is 15.0 Å². The Morgan fingerprint density at radius 2 is 1.58 bits per heavy atom. The van der Waals surface area contributed by atoms with Crippen LogP contribution >= 0.6 is 0 Å². The first-order chi connectivity index (χ1) is 8.02. The SMILES string of the molecule is NN.O.O=C(O)O.O=C1Nc2ccccc2C1=O.[H-].[K+]. The Labute approximate surface area is 152 Å². The summed E-state index contributed by atoms with van der Waals surface area (Å²) in [5.74, 6) is 7.02. The predicted molar refractivity (Wildman–Crippen MR) is 63.2 cm³/mol. The fraction of sp³-hybridized carbons (Fsp3) is 0. The van der Waals surface area contributed by atoms with E-state index in [0.717, 1.165) is 0 Å². The number of carbonyl (C=O) groups is 3. The molecule has 19 heavy (non-hydrogen) atoms. The van der Waals surface area contributed by atoms with Gasteiger partial charge in [0, 0.05) is 0 Å². The summed E-state index contributed by atoms with van der Waals surface area (Å²) in [5, 5.41) is 16.4. The average molecular weight is 299 g/mol. The standard InChI is InChI=1S/C8H5NO2.CH2O3.K.H4N2.H2O.H/c10-7-5-3-1-2-4-6(5)9-8(7)11;2-1(3)4;;1-2;;/h1-4H,(H,9,10,11);(H2,2,3,4);;1-2H2;1H2;/q;;+1;;;-1. The van der Waals surface area contributed by atoms with Crippen molar-refractivity contribution in [2.24, 2.45) is 11.7 Å². The van der Waals surface area contributed by atoms with Crippen LogP contribution in [0.15, 0.2) is 24.3 Å². The van der Waals surface area contributed by atoms with Crippen molar-refractivity contribution in [3.8, 4) is 0 Å². The van der Waals surface area contributed by atoms with Crippen LogP contribution in [0.25, 0.3) is 0 Å². The Morgan fingerprint density at radius 1 is 1.16 bits per heavy atom. The number of nitrogens with one attached hydrogen (secondary N) is 1. The van der Waals surface area contributed by atoms with Crippen molar-refractivity contribution in [3.05, 3.63) is 29.8 Å². The van der Waals surface area contributed by atoms with E-state index in [9.17, 15) is 9.59 Å². The molecule has 9 nitrogen and oxygen atoms in total. The van der Waals surface area contributed by atoms with Crippen molar-refractivity contribution in [1.29, 1.82) is 0 Å². The number of fused-ring (bicyclic) bond motifs is 1. The van der Waals surface area contributed by atoms with Gasteiger partial charge < -0.3 is 22.4 Å². The first-order valence-electron chi connectivity index (χ1n) is 4.22. The molecular weight excluding hydrogens is 285 g/mol. The number of amides is 1. The third-order valence-electron chi connectivity index (χ3n) is 1.63. The Hall–Kier alpha value is -0.854. The fourth-order valence-corrected chi connectivity index (χ4v) is 1.09. The van der Waals surface area contributed by atoms with E-state index < -0.39 is 17.8 Å². The summed E-state index contributed by atoms with van der Waals surface area (Å²) in [7, 11) is 0. The minimum Gasteiger partial charge on any atom is -1.00 e. The molecule has 0 aromatic heterocycles. The molecule has 9 N–H and O–H groups in total. The van der Waals surface area contributed by atoms with Crippen LogP contribution in [0.4, 0.5) is 10.5 Å². The van der Waals surface area contributed by atoms with Crippen LogP contribution in [0, 0.1) is 0 Å². The molecule has 0 saturated heterocycles. The zero-order chi connectivity index (χ0) is 13.4. The second kappa shape index (κ2) is 12.2. The number of Topliss-reactive ketones (excluding diaryl/α,β-unsaturated/α-hetero) is 1. The Kier molecular flexibility index (Phi) is 14.9. The van der Waals surface area contributed by atoms with Crippen LogP contribution < -0.4 is 68.4 Å². The van der Waals surface area contributed by atoms with E-state index in [1.165, 1.54) is 0 Å². The van der Waals surface area contributed by atoms with Gasteiger partial charge in [-0.05, 0) is 12.1 Å². The van der Waals surface area contributed by atoms with Gasteiger partial charge in [0.15, 0.2) is 0 Å². The van der Waals surface area contributed by atoms with Crippen molar-refractivity contribution in [3.63, 3.8) is 0 Å². The number of hydrogen-bond acceptors (Lipinski definition) is 5. The smallest absolute Gasteiger partial charge is 1.00 e. The molecule has 1 amide bonds. The first-order valence-corrected chi connectivity index (χ1v) is 4.22. The number of hydrazine groups is 1. The minimum atomic E-state index is -1.83. The molecule has 0 unspecified atom stereocenters. The number of hydrogen-bond donors (Lipinski definition) is 5. The van der Waals surface area contributed by atoms with Gasteiger partial charge in [-0.15, -0.1) is 0 Å². The van der Waals surface area contributed by atoms with Gasteiger partial charge in [-0.25, -0.2) is 4.79 Å². The maximum Gasteiger partial charge on any atom is 1.00 e. The van der Waals surface area contributed by atoms with Gasteiger partial charge in [0.1, 0.15) is 0 Å². The third-order valence-corrected chi connectivity index (χ3v) is 1.63. The summed E-state index contributed by atoms with van der Waals surface area (Å²) in [6.45, 7) is 0. The second-order valence-electron chi connectivity index (χ2n) is 2.61. The Morgan fingerprint density at radius 3 is 2.00 bits per heavy atom. The average Bonchev–Trinajstić information content (AvgIpc) is 2.58.